The number of aromatic nitrogens is 2. The Bertz CT molecular complexity index is 1060. The van der Waals surface area contributed by atoms with Crippen molar-refractivity contribution in [2.75, 3.05) is 7.11 Å². The maximum absolute atomic E-state index is 13.1. The Kier molecular flexibility index (Phi) is 4.50. The maximum Gasteiger partial charge on any atom is 0.325 e. The quantitative estimate of drug-likeness (QED) is 0.666. The second-order valence-electron chi connectivity index (χ2n) is 6.68. The summed E-state index contributed by atoms with van der Waals surface area (Å²) in [5.74, 6) is 0.0850. The van der Waals surface area contributed by atoms with Crippen LogP contribution in [0.2, 0.25) is 0 Å². The van der Waals surface area contributed by atoms with E-state index in [1.54, 1.807) is 38.3 Å². The fourth-order valence-corrected chi connectivity index (χ4v) is 3.12. The van der Waals surface area contributed by atoms with Gasteiger partial charge in [0.1, 0.15) is 23.7 Å². The first-order valence-electron chi connectivity index (χ1n) is 8.77. The number of nitrogens with zero attached hydrogens (tertiary/aromatic N) is 3. The van der Waals surface area contributed by atoms with Crippen LogP contribution in [0.1, 0.15) is 18.4 Å². The van der Waals surface area contributed by atoms with Crippen LogP contribution in [0.4, 0.5) is 9.18 Å². The summed E-state index contributed by atoms with van der Waals surface area (Å²) in [6.45, 7) is 1.46. The molecule has 2 aromatic carbocycles. The molecule has 1 aliphatic heterocycles. The lowest BCUT2D eigenvalue weighted by Crippen LogP contribution is -2.40. The van der Waals surface area contributed by atoms with E-state index in [1.807, 2.05) is 0 Å². The molecule has 9 heteroatoms. The van der Waals surface area contributed by atoms with Crippen molar-refractivity contribution >= 4 is 11.9 Å². The number of benzene rings is 2. The van der Waals surface area contributed by atoms with E-state index in [2.05, 4.69) is 15.5 Å². The highest BCUT2D eigenvalue weighted by Crippen LogP contribution is 2.31. The lowest BCUT2D eigenvalue weighted by molar-refractivity contribution is -0.131. The van der Waals surface area contributed by atoms with Crippen molar-refractivity contribution in [1.82, 2.24) is 20.4 Å². The highest BCUT2D eigenvalue weighted by Gasteiger charge is 2.49. The second-order valence-corrected chi connectivity index (χ2v) is 6.68. The molecule has 148 valence electrons. The lowest BCUT2D eigenvalue weighted by atomic mass is 9.92. The van der Waals surface area contributed by atoms with Gasteiger partial charge in [-0.15, -0.1) is 10.2 Å². The smallest absolute Gasteiger partial charge is 0.325 e. The molecular weight excluding hydrogens is 379 g/mol. The number of carbonyl (C=O) groups excluding carboxylic acids is 2. The number of carbonyl (C=O) groups is 2. The number of hydrogen-bond donors (Lipinski definition) is 1. The average molecular weight is 396 g/mol. The third kappa shape index (κ3) is 3.31. The van der Waals surface area contributed by atoms with Gasteiger partial charge in [-0.1, -0.05) is 12.1 Å². The van der Waals surface area contributed by atoms with Crippen LogP contribution >= 0.6 is 0 Å². The van der Waals surface area contributed by atoms with Gasteiger partial charge in [0, 0.05) is 5.56 Å². The summed E-state index contributed by atoms with van der Waals surface area (Å²) in [6.07, 6.45) is 0. The van der Waals surface area contributed by atoms with Crippen LogP contribution in [-0.2, 0) is 16.9 Å². The summed E-state index contributed by atoms with van der Waals surface area (Å²) in [6, 6.07) is 11.9. The number of halogens is 1. The molecule has 3 aromatic rings. The molecule has 1 aliphatic rings. The standard InChI is InChI=1S/C20H17FN4O4/c1-20(13-5-9-15(28-2)10-6-13)18(26)25(19(27)22-20)11-16-23-24-17(29-16)12-3-7-14(21)8-4-12/h3-10H,11H2,1-2H3,(H,22,27)/t20-/m0/s1. The first-order chi connectivity index (χ1) is 13.9. The zero-order valence-corrected chi connectivity index (χ0v) is 15.7. The van der Waals surface area contributed by atoms with Gasteiger partial charge in [-0.25, -0.2) is 9.18 Å². The van der Waals surface area contributed by atoms with Crippen LogP contribution in [0.5, 0.6) is 5.75 Å². The Morgan fingerprint density at radius 2 is 1.79 bits per heavy atom. The Labute approximate surface area is 165 Å². The molecule has 0 radical (unpaired) electrons. The first kappa shape index (κ1) is 18.6. The summed E-state index contributed by atoms with van der Waals surface area (Å²) >= 11 is 0. The molecule has 1 saturated heterocycles. The molecule has 0 unspecified atom stereocenters. The van der Waals surface area contributed by atoms with Crippen LogP contribution < -0.4 is 10.1 Å². The van der Waals surface area contributed by atoms with Crippen LogP contribution in [-0.4, -0.2) is 34.1 Å². The predicted molar refractivity (Wildman–Crippen MR) is 99.1 cm³/mol. The van der Waals surface area contributed by atoms with Gasteiger partial charge in [-0.05, 0) is 48.9 Å². The van der Waals surface area contributed by atoms with Gasteiger partial charge in [0.25, 0.3) is 5.91 Å². The van der Waals surface area contributed by atoms with Crippen LogP contribution in [0.25, 0.3) is 11.5 Å². The second kappa shape index (κ2) is 7.01. The molecular formula is C20H17FN4O4. The van der Waals surface area contributed by atoms with Crippen LogP contribution in [0.3, 0.4) is 0 Å². The van der Waals surface area contributed by atoms with Gasteiger partial charge in [0.2, 0.25) is 11.8 Å². The predicted octanol–water partition coefficient (Wildman–Crippen LogP) is 2.85. The van der Waals surface area contributed by atoms with Gasteiger partial charge in [0.05, 0.1) is 7.11 Å². The molecule has 1 aromatic heterocycles. The van der Waals surface area contributed by atoms with E-state index in [4.69, 9.17) is 9.15 Å². The van der Waals surface area contributed by atoms with E-state index < -0.39 is 17.5 Å². The molecule has 8 nitrogen and oxygen atoms in total. The van der Waals surface area contributed by atoms with Crippen molar-refractivity contribution < 1.29 is 23.1 Å². The van der Waals surface area contributed by atoms with Gasteiger partial charge >= 0.3 is 6.03 Å². The topological polar surface area (TPSA) is 97.6 Å². The zero-order valence-electron chi connectivity index (χ0n) is 15.7. The third-order valence-electron chi connectivity index (χ3n) is 4.79. The zero-order chi connectivity index (χ0) is 20.6. The average Bonchev–Trinajstić information content (AvgIpc) is 3.28. The van der Waals surface area contributed by atoms with E-state index in [0.29, 0.717) is 16.9 Å². The monoisotopic (exact) mass is 396 g/mol. The van der Waals surface area contributed by atoms with E-state index in [0.717, 1.165) is 4.90 Å². The number of amides is 3. The normalized spacial score (nSPS) is 18.8. The molecule has 0 bridgehead atoms. The van der Waals surface area contributed by atoms with E-state index in [-0.39, 0.29) is 24.1 Å². The fourth-order valence-electron chi connectivity index (χ4n) is 3.12. The van der Waals surface area contributed by atoms with Gasteiger partial charge < -0.3 is 14.5 Å². The van der Waals surface area contributed by atoms with E-state index in [1.165, 1.54) is 24.3 Å². The Balaban J connectivity index is 1.54. The number of urea groups is 1. The van der Waals surface area contributed by atoms with Gasteiger partial charge in [-0.2, -0.15) is 0 Å². The summed E-state index contributed by atoms with van der Waals surface area (Å²) in [5, 5.41) is 10.5. The molecule has 1 atom stereocenters. The van der Waals surface area contributed by atoms with Gasteiger partial charge in [0.15, 0.2) is 0 Å². The number of nitrogens with one attached hydrogen (secondary N) is 1. The third-order valence-corrected chi connectivity index (χ3v) is 4.79. The minimum atomic E-state index is -1.22. The number of methoxy groups -OCH3 is 1. The molecule has 29 heavy (non-hydrogen) atoms. The Morgan fingerprint density at radius 1 is 1.10 bits per heavy atom. The van der Waals surface area contributed by atoms with Crippen molar-refractivity contribution in [3.05, 3.63) is 65.8 Å². The van der Waals surface area contributed by atoms with Crippen molar-refractivity contribution in [3.8, 4) is 17.2 Å². The van der Waals surface area contributed by atoms with E-state index in [9.17, 15) is 14.0 Å². The fraction of sp³-hybridized carbons (Fsp3) is 0.200. The highest BCUT2D eigenvalue weighted by atomic mass is 19.1. The number of imide groups is 1. The Hall–Kier alpha value is -3.75. The summed E-state index contributed by atoms with van der Waals surface area (Å²) < 4.78 is 23.7. The van der Waals surface area contributed by atoms with E-state index >= 15 is 0 Å². The van der Waals surface area contributed by atoms with Crippen molar-refractivity contribution in [2.24, 2.45) is 0 Å². The van der Waals surface area contributed by atoms with Crippen molar-refractivity contribution in [3.63, 3.8) is 0 Å². The maximum atomic E-state index is 13.1. The van der Waals surface area contributed by atoms with Crippen LogP contribution in [0, 0.1) is 5.82 Å². The summed E-state index contributed by atoms with van der Waals surface area (Å²) in [4.78, 5) is 26.5. The molecule has 0 aliphatic carbocycles. The minimum Gasteiger partial charge on any atom is -0.497 e. The summed E-state index contributed by atoms with van der Waals surface area (Å²) in [7, 11) is 1.55. The molecule has 2 heterocycles. The lowest BCUT2D eigenvalue weighted by Gasteiger charge is -2.22. The molecule has 1 fully saturated rings. The highest BCUT2D eigenvalue weighted by molar-refractivity contribution is 6.07. The Morgan fingerprint density at radius 3 is 2.45 bits per heavy atom. The van der Waals surface area contributed by atoms with Crippen molar-refractivity contribution in [2.45, 2.75) is 19.0 Å². The molecule has 4 rings (SSSR count). The van der Waals surface area contributed by atoms with Crippen LogP contribution in [0.15, 0.2) is 52.9 Å². The number of hydrogen-bond acceptors (Lipinski definition) is 6. The number of ether oxygens (including phenoxy) is 1. The minimum absolute atomic E-state index is 0.0896. The van der Waals surface area contributed by atoms with Crippen molar-refractivity contribution in [1.29, 1.82) is 0 Å². The summed E-state index contributed by atoms with van der Waals surface area (Å²) in [5.41, 5.74) is -0.0644. The molecule has 1 N–H and O–H groups in total. The molecule has 0 spiro atoms. The van der Waals surface area contributed by atoms with Gasteiger partial charge in [-0.3, -0.25) is 9.69 Å². The molecule has 3 amide bonds. The molecule has 0 saturated carbocycles. The first-order valence-corrected chi connectivity index (χ1v) is 8.77. The SMILES string of the molecule is COc1ccc([C@]2(C)NC(=O)N(Cc3nnc(-c4ccc(F)cc4)o3)C2=O)cc1. The number of rotatable bonds is 5. The largest absolute Gasteiger partial charge is 0.497 e.